The number of benzene rings is 2. The second kappa shape index (κ2) is 14.3. The van der Waals surface area contributed by atoms with Gasteiger partial charge in [0.1, 0.15) is 0 Å². The van der Waals surface area contributed by atoms with Gasteiger partial charge in [-0.15, -0.1) is 0 Å². The Labute approximate surface area is 276 Å². The number of carbonyl (C=O) groups is 2. The van der Waals surface area contributed by atoms with Crippen LogP contribution < -0.4 is 0 Å². The molecule has 2 aromatic carbocycles. The molecule has 2 heterocycles. The highest BCUT2D eigenvalue weighted by atomic mass is 35.5. The molecule has 2 aliphatic heterocycles. The smallest absolute Gasteiger partial charge is 0.304 e. The fraction of sp³-hybridized carbons (Fsp3) is 0.576. The number of sulfonamides is 1. The molecule has 45 heavy (non-hydrogen) atoms. The van der Waals surface area contributed by atoms with Gasteiger partial charge in [0.2, 0.25) is 15.9 Å². The molecule has 0 radical (unpaired) electrons. The predicted molar refractivity (Wildman–Crippen MR) is 175 cm³/mol. The Bertz CT molecular complexity index is 1470. The molecule has 2 saturated heterocycles. The number of halogens is 2. The SMILES string of the molecule is CCC(CN(C)S(=O)(=O)C1CC1)N1C(=O)[C@@](CCN2CCOCC2)(CC(=O)O)CC(c2cccc(Cl)c2)[C@H]1c1ccc(Cl)cc1. The van der Waals surface area contributed by atoms with Gasteiger partial charge in [0, 0.05) is 48.7 Å². The Morgan fingerprint density at radius 3 is 2.38 bits per heavy atom. The van der Waals surface area contributed by atoms with Crippen molar-refractivity contribution in [3.05, 3.63) is 69.7 Å². The molecule has 9 nitrogen and oxygen atoms in total. The number of ether oxygens (including phenoxy) is 1. The summed E-state index contributed by atoms with van der Waals surface area (Å²) in [6.45, 7) is 5.23. The van der Waals surface area contributed by atoms with Gasteiger partial charge in [-0.3, -0.25) is 14.5 Å². The molecule has 1 aliphatic carbocycles. The van der Waals surface area contributed by atoms with Crippen LogP contribution in [0.25, 0.3) is 0 Å². The van der Waals surface area contributed by atoms with Crippen molar-refractivity contribution in [2.75, 3.05) is 46.4 Å². The zero-order chi connectivity index (χ0) is 32.4. The van der Waals surface area contributed by atoms with Gasteiger partial charge in [-0.1, -0.05) is 54.4 Å². The van der Waals surface area contributed by atoms with Gasteiger partial charge in [0.15, 0.2) is 0 Å². The molecular formula is C33H43Cl2N3O6S. The normalized spacial score (nSPS) is 25.4. The van der Waals surface area contributed by atoms with Gasteiger partial charge in [0.05, 0.1) is 36.3 Å². The number of piperidine rings is 1. The highest BCUT2D eigenvalue weighted by molar-refractivity contribution is 7.90. The molecule has 3 aliphatic rings. The van der Waals surface area contributed by atoms with E-state index in [0.29, 0.717) is 75.0 Å². The van der Waals surface area contributed by atoms with E-state index >= 15 is 4.79 Å². The first-order valence-corrected chi connectivity index (χ1v) is 18.0. The second-order valence-electron chi connectivity index (χ2n) is 12.7. The van der Waals surface area contributed by atoms with Crippen LogP contribution in [0.1, 0.15) is 68.5 Å². The van der Waals surface area contributed by atoms with Gasteiger partial charge in [-0.05, 0) is 74.0 Å². The Morgan fingerprint density at radius 1 is 1.09 bits per heavy atom. The zero-order valence-corrected chi connectivity index (χ0v) is 28.2. The molecule has 1 amide bonds. The van der Waals surface area contributed by atoms with Crippen LogP contribution in [0.4, 0.5) is 0 Å². The highest BCUT2D eigenvalue weighted by Crippen LogP contribution is 2.54. The van der Waals surface area contributed by atoms with Crippen LogP contribution >= 0.6 is 23.2 Å². The maximum atomic E-state index is 15.1. The fourth-order valence-electron chi connectivity index (χ4n) is 7.06. The molecule has 0 aromatic heterocycles. The second-order valence-corrected chi connectivity index (χ2v) is 15.9. The molecule has 1 saturated carbocycles. The average molecular weight is 681 g/mol. The van der Waals surface area contributed by atoms with Crippen LogP contribution in [0.15, 0.2) is 48.5 Å². The van der Waals surface area contributed by atoms with Crippen molar-refractivity contribution in [1.29, 1.82) is 0 Å². The Kier molecular flexibility index (Phi) is 10.8. The number of aliphatic carboxylic acids is 1. The lowest BCUT2D eigenvalue weighted by atomic mass is 9.64. The lowest BCUT2D eigenvalue weighted by molar-refractivity contribution is -0.163. The first-order chi connectivity index (χ1) is 21.4. The largest absolute Gasteiger partial charge is 0.481 e. The summed E-state index contributed by atoms with van der Waals surface area (Å²) in [5.74, 6) is -1.60. The number of nitrogens with zero attached hydrogens (tertiary/aromatic N) is 3. The van der Waals surface area contributed by atoms with Crippen molar-refractivity contribution in [2.45, 2.75) is 68.7 Å². The van der Waals surface area contributed by atoms with E-state index in [-0.39, 0.29) is 30.0 Å². The van der Waals surface area contributed by atoms with Crippen molar-refractivity contribution >= 4 is 45.1 Å². The number of amides is 1. The lowest BCUT2D eigenvalue weighted by Gasteiger charge is -2.53. The highest BCUT2D eigenvalue weighted by Gasteiger charge is 2.55. The first kappa shape index (κ1) is 34.1. The number of rotatable bonds is 13. The van der Waals surface area contributed by atoms with Crippen molar-refractivity contribution in [1.82, 2.24) is 14.1 Å². The zero-order valence-electron chi connectivity index (χ0n) is 25.9. The number of likely N-dealkylation sites (N-methyl/N-ethyl adjacent to an activating group) is 1. The van der Waals surface area contributed by atoms with E-state index < -0.39 is 33.5 Å². The van der Waals surface area contributed by atoms with Gasteiger partial charge < -0.3 is 14.7 Å². The maximum absolute atomic E-state index is 15.1. The minimum atomic E-state index is -3.51. The summed E-state index contributed by atoms with van der Waals surface area (Å²) >= 11 is 12.8. The molecule has 3 fully saturated rings. The van der Waals surface area contributed by atoms with Crippen molar-refractivity contribution in [3.8, 4) is 0 Å². The summed E-state index contributed by atoms with van der Waals surface area (Å²) in [5.41, 5.74) is 0.525. The van der Waals surface area contributed by atoms with E-state index in [1.165, 1.54) is 4.31 Å². The van der Waals surface area contributed by atoms with E-state index in [1.807, 2.05) is 42.2 Å². The predicted octanol–water partition coefficient (Wildman–Crippen LogP) is 5.44. The molecular weight excluding hydrogens is 637 g/mol. The Balaban J connectivity index is 1.64. The Morgan fingerprint density at radius 2 is 1.78 bits per heavy atom. The topological polar surface area (TPSA) is 107 Å². The minimum absolute atomic E-state index is 0.111. The summed E-state index contributed by atoms with van der Waals surface area (Å²) in [4.78, 5) is 31.7. The van der Waals surface area contributed by atoms with E-state index in [4.69, 9.17) is 27.9 Å². The van der Waals surface area contributed by atoms with Crippen LogP contribution in [0.3, 0.4) is 0 Å². The molecule has 246 valence electrons. The number of hydrogen-bond acceptors (Lipinski definition) is 6. The molecule has 0 bridgehead atoms. The molecule has 12 heteroatoms. The van der Waals surface area contributed by atoms with E-state index in [2.05, 4.69) is 4.90 Å². The third-order valence-corrected chi connectivity index (χ3v) is 12.5. The number of carboxylic acids is 1. The van der Waals surface area contributed by atoms with Gasteiger partial charge in [-0.2, -0.15) is 0 Å². The number of carbonyl (C=O) groups excluding carboxylic acids is 1. The Hall–Kier alpha value is -2.21. The average Bonchev–Trinajstić information content (AvgIpc) is 3.87. The summed E-state index contributed by atoms with van der Waals surface area (Å²) in [6, 6.07) is 13.9. The monoisotopic (exact) mass is 679 g/mol. The van der Waals surface area contributed by atoms with E-state index in [1.54, 1.807) is 25.2 Å². The van der Waals surface area contributed by atoms with Gasteiger partial charge in [0.25, 0.3) is 0 Å². The molecule has 0 spiro atoms. The maximum Gasteiger partial charge on any atom is 0.304 e. The minimum Gasteiger partial charge on any atom is -0.481 e. The van der Waals surface area contributed by atoms with Gasteiger partial charge >= 0.3 is 5.97 Å². The quantitative estimate of drug-likeness (QED) is 0.301. The number of morpholine rings is 1. The summed E-state index contributed by atoms with van der Waals surface area (Å²) in [5, 5.41) is 11.0. The molecule has 4 atom stereocenters. The molecule has 2 aromatic rings. The molecule has 5 rings (SSSR count). The summed E-state index contributed by atoms with van der Waals surface area (Å²) < 4.78 is 33.5. The first-order valence-electron chi connectivity index (χ1n) is 15.8. The van der Waals surface area contributed by atoms with Gasteiger partial charge in [-0.25, -0.2) is 12.7 Å². The third kappa shape index (κ3) is 7.68. The lowest BCUT2D eigenvalue weighted by Crippen LogP contribution is -2.59. The van der Waals surface area contributed by atoms with Crippen molar-refractivity contribution < 1.29 is 27.9 Å². The number of carboxylic acid groups (broad SMARTS) is 1. The van der Waals surface area contributed by atoms with Crippen LogP contribution in [0.2, 0.25) is 10.0 Å². The number of hydrogen-bond donors (Lipinski definition) is 1. The van der Waals surface area contributed by atoms with Crippen LogP contribution in [-0.2, 0) is 24.3 Å². The molecule has 1 N–H and O–H groups in total. The van der Waals surface area contributed by atoms with E-state index in [9.17, 15) is 18.3 Å². The molecule has 2 unspecified atom stereocenters. The van der Waals surface area contributed by atoms with E-state index in [0.717, 1.165) is 11.1 Å². The van der Waals surface area contributed by atoms with Crippen LogP contribution in [0, 0.1) is 5.41 Å². The number of likely N-dealkylation sites (tertiary alicyclic amines) is 1. The summed E-state index contributed by atoms with van der Waals surface area (Å²) in [6.07, 6.45) is 2.09. The standard InChI is InChI=1S/C33H43Cl2N3O6S/c1-3-27(22-36(2)45(42,43)28-11-12-28)38-31(23-7-9-25(34)10-8-23)29(24-5-4-6-26(35)19-24)20-33(32(38)41,21-30(39)40)13-14-37-15-17-44-18-16-37/h4-10,19,27-29,31H,3,11-18,20-22H2,1-2H3,(H,39,40)/t27?,29?,31-,33-/m1/s1. The fourth-order valence-corrected chi connectivity index (χ4v) is 9.01. The van der Waals surface area contributed by atoms with Crippen LogP contribution in [0.5, 0.6) is 0 Å². The van der Waals surface area contributed by atoms with Crippen molar-refractivity contribution in [3.63, 3.8) is 0 Å². The summed E-state index contributed by atoms with van der Waals surface area (Å²) in [7, 11) is -1.93. The van der Waals surface area contributed by atoms with Crippen molar-refractivity contribution in [2.24, 2.45) is 5.41 Å². The van der Waals surface area contributed by atoms with Crippen LogP contribution in [-0.4, -0.2) is 97.2 Å². The third-order valence-electron chi connectivity index (χ3n) is 9.68.